The number of rotatable bonds is 1. The zero-order valence-corrected chi connectivity index (χ0v) is 11.6. The minimum atomic E-state index is -0.647. The molecule has 0 atom stereocenters. The maximum atomic E-state index is 13.7. The maximum absolute atomic E-state index is 13.7. The van der Waals surface area contributed by atoms with Crippen LogP contribution >= 0.6 is 0 Å². The van der Waals surface area contributed by atoms with Crippen LogP contribution in [0.15, 0.2) is 46.0 Å². The second-order valence-electron chi connectivity index (χ2n) is 4.95. The van der Waals surface area contributed by atoms with Gasteiger partial charge in [0.15, 0.2) is 0 Å². The predicted octanol–water partition coefficient (Wildman–Crippen LogP) is 2.43. The molecule has 1 N–H and O–H groups in total. The van der Waals surface area contributed by atoms with Gasteiger partial charge in [-0.05, 0) is 43.2 Å². The Kier molecular flexibility index (Phi) is 2.97. The van der Waals surface area contributed by atoms with E-state index in [0.29, 0.717) is 5.69 Å². The van der Waals surface area contributed by atoms with Gasteiger partial charge < -0.3 is 4.98 Å². The zero-order valence-electron chi connectivity index (χ0n) is 11.6. The van der Waals surface area contributed by atoms with Crippen LogP contribution in [0.5, 0.6) is 0 Å². The number of hydrogen-bond donors (Lipinski definition) is 1. The second kappa shape index (κ2) is 4.70. The molecule has 2 aromatic carbocycles. The summed E-state index contributed by atoms with van der Waals surface area (Å²) in [6, 6.07) is 9.53. The number of benzene rings is 2. The van der Waals surface area contributed by atoms with E-state index in [-0.39, 0.29) is 10.9 Å². The van der Waals surface area contributed by atoms with Gasteiger partial charge in [-0.2, -0.15) is 0 Å². The van der Waals surface area contributed by atoms with E-state index in [1.165, 1.54) is 18.2 Å². The standard InChI is InChI=1S/C16H13FN2O2/c1-9-5-3-8-13(10(9)2)19-15(20)11-6-4-7-12(17)14(11)18-16(19)21/h3-8H,1-2H3,(H,18,21). The summed E-state index contributed by atoms with van der Waals surface area (Å²) in [4.78, 5) is 27.2. The van der Waals surface area contributed by atoms with Gasteiger partial charge >= 0.3 is 5.69 Å². The molecule has 0 aliphatic carbocycles. The van der Waals surface area contributed by atoms with Crippen LogP contribution in [0.3, 0.4) is 0 Å². The molecule has 0 saturated carbocycles. The molecule has 0 aliphatic rings. The average Bonchev–Trinajstić information content (AvgIpc) is 2.45. The minimum absolute atomic E-state index is 0.0611. The van der Waals surface area contributed by atoms with Crippen molar-refractivity contribution in [2.24, 2.45) is 0 Å². The van der Waals surface area contributed by atoms with Gasteiger partial charge in [0.2, 0.25) is 0 Å². The first-order chi connectivity index (χ1) is 10.0. The number of para-hydroxylation sites is 1. The molecule has 4 nitrogen and oxygen atoms in total. The van der Waals surface area contributed by atoms with Crippen molar-refractivity contribution in [3.8, 4) is 5.69 Å². The van der Waals surface area contributed by atoms with Crippen molar-refractivity contribution in [1.82, 2.24) is 9.55 Å². The fourth-order valence-electron chi connectivity index (χ4n) is 2.40. The minimum Gasteiger partial charge on any atom is -0.304 e. The van der Waals surface area contributed by atoms with Gasteiger partial charge in [-0.15, -0.1) is 0 Å². The van der Waals surface area contributed by atoms with Crippen molar-refractivity contribution in [3.05, 3.63) is 74.2 Å². The largest absolute Gasteiger partial charge is 0.333 e. The fraction of sp³-hybridized carbons (Fsp3) is 0.125. The normalized spacial score (nSPS) is 11.0. The smallest absolute Gasteiger partial charge is 0.304 e. The average molecular weight is 284 g/mol. The molecule has 3 aromatic rings. The van der Waals surface area contributed by atoms with Crippen LogP contribution in [0.1, 0.15) is 11.1 Å². The van der Waals surface area contributed by atoms with Crippen LogP contribution in [0.25, 0.3) is 16.6 Å². The molecule has 0 spiro atoms. The topological polar surface area (TPSA) is 54.9 Å². The first-order valence-electron chi connectivity index (χ1n) is 6.51. The second-order valence-corrected chi connectivity index (χ2v) is 4.95. The lowest BCUT2D eigenvalue weighted by Crippen LogP contribution is -2.34. The van der Waals surface area contributed by atoms with E-state index < -0.39 is 17.1 Å². The molecule has 106 valence electrons. The SMILES string of the molecule is Cc1cccc(-n2c(=O)[nH]c3c(F)cccc3c2=O)c1C. The Bertz CT molecular complexity index is 970. The van der Waals surface area contributed by atoms with Crippen molar-refractivity contribution >= 4 is 10.9 Å². The van der Waals surface area contributed by atoms with Crippen LogP contribution in [-0.2, 0) is 0 Å². The van der Waals surface area contributed by atoms with Crippen LogP contribution in [0, 0.1) is 19.7 Å². The van der Waals surface area contributed by atoms with Crippen molar-refractivity contribution in [3.63, 3.8) is 0 Å². The van der Waals surface area contributed by atoms with Crippen molar-refractivity contribution < 1.29 is 4.39 Å². The van der Waals surface area contributed by atoms with E-state index >= 15 is 0 Å². The first kappa shape index (κ1) is 13.3. The van der Waals surface area contributed by atoms with Gasteiger partial charge in [0, 0.05) is 0 Å². The summed E-state index contributed by atoms with van der Waals surface area (Å²) in [5.41, 5.74) is 1.08. The summed E-state index contributed by atoms with van der Waals surface area (Å²) in [6.45, 7) is 3.74. The molecule has 0 aliphatic heterocycles. The highest BCUT2D eigenvalue weighted by atomic mass is 19.1. The summed E-state index contributed by atoms with van der Waals surface area (Å²) in [5.74, 6) is -0.616. The number of nitrogens with one attached hydrogen (secondary N) is 1. The highest BCUT2D eigenvalue weighted by Crippen LogP contribution is 2.16. The summed E-state index contributed by atoms with van der Waals surface area (Å²) in [5, 5.41) is 0.149. The Morgan fingerprint density at radius 2 is 1.76 bits per heavy atom. The van der Waals surface area contributed by atoms with Crippen molar-refractivity contribution in [2.45, 2.75) is 13.8 Å². The number of aromatic nitrogens is 2. The molecule has 0 unspecified atom stereocenters. The summed E-state index contributed by atoms with van der Waals surface area (Å²) < 4.78 is 14.8. The molecule has 0 amide bonds. The van der Waals surface area contributed by atoms with Crippen LogP contribution in [0.2, 0.25) is 0 Å². The summed E-state index contributed by atoms with van der Waals surface area (Å²) in [6.07, 6.45) is 0. The molecule has 1 heterocycles. The molecule has 0 radical (unpaired) electrons. The molecular weight excluding hydrogens is 271 g/mol. The number of fused-ring (bicyclic) bond motifs is 1. The lowest BCUT2D eigenvalue weighted by atomic mass is 10.1. The highest BCUT2D eigenvalue weighted by Gasteiger charge is 2.13. The van der Waals surface area contributed by atoms with Crippen LogP contribution in [-0.4, -0.2) is 9.55 Å². The Balaban J connectivity index is 2.48. The third kappa shape index (κ3) is 1.98. The third-order valence-corrected chi connectivity index (χ3v) is 3.70. The Morgan fingerprint density at radius 3 is 2.52 bits per heavy atom. The molecule has 3 rings (SSSR count). The molecule has 0 bridgehead atoms. The molecule has 0 saturated heterocycles. The summed E-state index contributed by atoms with van der Waals surface area (Å²) in [7, 11) is 0. The molecular formula is C16H13FN2O2. The highest BCUT2D eigenvalue weighted by molar-refractivity contribution is 5.78. The van der Waals surface area contributed by atoms with Crippen LogP contribution < -0.4 is 11.2 Å². The number of hydrogen-bond acceptors (Lipinski definition) is 2. The lowest BCUT2D eigenvalue weighted by molar-refractivity contribution is 0.635. The molecule has 21 heavy (non-hydrogen) atoms. The molecule has 5 heteroatoms. The Hall–Kier alpha value is -2.69. The third-order valence-electron chi connectivity index (χ3n) is 3.70. The molecule has 0 fully saturated rings. The molecule has 1 aromatic heterocycles. The summed E-state index contributed by atoms with van der Waals surface area (Å²) >= 11 is 0. The van der Waals surface area contributed by atoms with E-state index in [1.54, 1.807) is 12.1 Å². The van der Waals surface area contributed by atoms with Crippen LogP contribution in [0.4, 0.5) is 4.39 Å². The van der Waals surface area contributed by atoms with E-state index in [1.807, 2.05) is 19.9 Å². The van der Waals surface area contributed by atoms with E-state index in [9.17, 15) is 14.0 Å². The first-order valence-corrected chi connectivity index (χ1v) is 6.51. The van der Waals surface area contributed by atoms with Gasteiger partial charge in [-0.25, -0.2) is 13.8 Å². The van der Waals surface area contributed by atoms with Gasteiger partial charge in [0.05, 0.1) is 16.6 Å². The number of halogens is 1. The van der Waals surface area contributed by atoms with Gasteiger partial charge in [0.1, 0.15) is 5.82 Å². The predicted molar refractivity (Wildman–Crippen MR) is 79.6 cm³/mol. The number of H-pyrrole nitrogens is 1. The Labute approximate surface area is 119 Å². The quantitative estimate of drug-likeness (QED) is 0.746. The van der Waals surface area contributed by atoms with E-state index in [4.69, 9.17) is 0 Å². The van der Waals surface area contributed by atoms with E-state index in [2.05, 4.69) is 4.98 Å². The van der Waals surface area contributed by atoms with Gasteiger partial charge in [0.25, 0.3) is 5.56 Å². The Morgan fingerprint density at radius 1 is 1.05 bits per heavy atom. The lowest BCUT2D eigenvalue weighted by Gasteiger charge is -2.11. The van der Waals surface area contributed by atoms with Crippen molar-refractivity contribution in [1.29, 1.82) is 0 Å². The van der Waals surface area contributed by atoms with Gasteiger partial charge in [-0.1, -0.05) is 18.2 Å². The van der Waals surface area contributed by atoms with Crippen molar-refractivity contribution in [2.75, 3.05) is 0 Å². The van der Waals surface area contributed by atoms with Gasteiger partial charge in [-0.3, -0.25) is 4.79 Å². The maximum Gasteiger partial charge on any atom is 0.333 e. The number of aromatic amines is 1. The zero-order chi connectivity index (χ0) is 15.1. The number of nitrogens with zero attached hydrogens (tertiary/aromatic N) is 1. The monoisotopic (exact) mass is 284 g/mol. The van der Waals surface area contributed by atoms with E-state index in [0.717, 1.165) is 15.7 Å². The number of aryl methyl sites for hydroxylation is 1. The fourth-order valence-corrected chi connectivity index (χ4v) is 2.40.